The first kappa shape index (κ1) is 25.1. The minimum absolute atomic E-state index is 0.0170. The first-order chi connectivity index (χ1) is 16.8. The largest absolute Gasteiger partial charge is 0.493 e. The van der Waals surface area contributed by atoms with Crippen molar-refractivity contribution in [1.82, 2.24) is 4.90 Å². The molecule has 0 spiro atoms. The maximum absolute atomic E-state index is 13.7. The van der Waals surface area contributed by atoms with E-state index in [1.165, 1.54) is 0 Å². The van der Waals surface area contributed by atoms with Crippen molar-refractivity contribution >= 4 is 28.5 Å². The van der Waals surface area contributed by atoms with E-state index < -0.39 is 6.04 Å². The summed E-state index contributed by atoms with van der Waals surface area (Å²) >= 11 is 6.29. The maximum Gasteiger partial charge on any atom is 0.290 e. The zero-order valence-electron chi connectivity index (χ0n) is 20.4. The quantitative estimate of drug-likeness (QED) is 0.439. The summed E-state index contributed by atoms with van der Waals surface area (Å²) in [5, 5.41) is 10.2. The van der Waals surface area contributed by atoms with E-state index >= 15 is 0 Å². The van der Waals surface area contributed by atoms with Gasteiger partial charge in [0.2, 0.25) is 5.76 Å². The van der Waals surface area contributed by atoms with Gasteiger partial charge in [0.15, 0.2) is 16.9 Å². The molecule has 0 radical (unpaired) electrons. The number of ether oxygens (including phenoxy) is 2. The van der Waals surface area contributed by atoms with Crippen molar-refractivity contribution in [3.8, 4) is 11.5 Å². The van der Waals surface area contributed by atoms with Gasteiger partial charge in [-0.15, -0.1) is 0 Å². The smallest absolute Gasteiger partial charge is 0.290 e. The third-order valence-corrected chi connectivity index (χ3v) is 6.67. The normalized spacial score (nSPS) is 15.2. The van der Waals surface area contributed by atoms with Gasteiger partial charge in [0.1, 0.15) is 5.58 Å². The number of aryl methyl sites for hydroxylation is 1. The Kier molecular flexibility index (Phi) is 7.38. The van der Waals surface area contributed by atoms with E-state index in [-0.39, 0.29) is 35.8 Å². The third kappa shape index (κ3) is 4.75. The number of aliphatic hydroxyl groups excluding tert-OH is 1. The number of amides is 1. The van der Waals surface area contributed by atoms with Crippen LogP contribution in [0.5, 0.6) is 11.5 Å². The van der Waals surface area contributed by atoms with Crippen LogP contribution in [0.2, 0.25) is 5.02 Å². The van der Waals surface area contributed by atoms with Crippen LogP contribution >= 0.6 is 11.6 Å². The second-order valence-corrected chi connectivity index (χ2v) is 9.60. The van der Waals surface area contributed by atoms with Crippen LogP contribution in [-0.4, -0.2) is 42.8 Å². The standard InChI is InChI=1S/C27H30ClNO6/c1-15(2)8-11-34-20-7-6-17(13-22(20)33-4)24-23-25(31)18-14-19(28)16(3)12-21(18)35-26(23)27(32)29(24)9-5-10-30/h6-7,12-15,24,30H,5,8-11H2,1-4H3. The Hall–Kier alpha value is -3.03. The molecule has 3 aromatic rings. The number of hydrogen-bond donors (Lipinski definition) is 1. The number of hydrogen-bond acceptors (Lipinski definition) is 6. The minimum Gasteiger partial charge on any atom is -0.493 e. The van der Waals surface area contributed by atoms with Crippen LogP contribution in [0.25, 0.3) is 11.0 Å². The van der Waals surface area contributed by atoms with Crippen molar-refractivity contribution in [3.63, 3.8) is 0 Å². The van der Waals surface area contributed by atoms with Crippen LogP contribution in [0.3, 0.4) is 0 Å². The fourth-order valence-electron chi connectivity index (χ4n) is 4.34. The second-order valence-electron chi connectivity index (χ2n) is 9.19. The summed E-state index contributed by atoms with van der Waals surface area (Å²) in [6.07, 6.45) is 1.27. The number of rotatable bonds is 9. The van der Waals surface area contributed by atoms with E-state index in [4.69, 9.17) is 25.5 Å². The monoisotopic (exact) mass is 499 g/mol. The van der Waals surface area contributed by atoms with Gasteiger partial charge < -0.3 is 23.9 Å². The molecule has 35 heavy (non-hydrogen) atoms. The Morgan fingerprint density at radius 3 is 2.63 bits per heavy atom. The fraction of sp³-hybridized carbons (Fsp3) is 0.407. The predicted octanol–water partition coefficient (Wildman–Crippen LogP) is 5.12. The lowest BCUT2D eigenvalue weighted by molar-refractivity contribution is 0.0716. The van der Waals surface area contributed by atoms with Gasteiger partial charge >= 0.3 is 0 Å². The summed E-state index contributed by atoms with van der Waals surface area (Å²) in [6.45, 7) is 6.79. The lowest BCUT2D eigenvalue weighted by Crippen LogP contribution is -2.31. The molecule has 1 aromatic heterocycles. The molecule has 0 fully saturated rings. The van der Waals surface area contributed by atoms with Gasteiger partial charge in [0, 0.05) is 18.2 Å². The predicted molar refractivity (Wildman–Crippen MR) is 135 cm³/mol. The van der Waals surface area contributed by atoms with Crippen molar-refractivity contribution < 1.29 is 23.8 Å². The van der Waals surface area contributed by atoms with Crippen LogP contribution in [0.15, 0.2) is 39.5 Å². The average molecular weight is 500 g/mol. The van der Waals surface area contributed by atoms with Crippen LogP contribution in [0.4, 0.5) is 0 Å². The lowest BCUT2D eigenvalue weighted by atomic mass is 9.97. The number of nitrogens with zero attached hydrogens (tertiary/aromatic N) is 1. The molecule has 7 nitrogen and oxygen atoms in total. The van der Waals surface area contributed by atoms with Crippen molar-refractivity contribution in [2.75, 3.05) is 26.9 Å². The number of fused-ring (bicyclic) bond motifs is 2. The minimum atomic E-state index is -0.691. The molecular formula is C27H30ClNO6. The summed E-state index contributed by atoms with van der Waals surface area (Å²) in [6, 6.07) is 7.98. The number of halogens is 1. The van der Waals surface area contributed by atoms with E-state index in [9.17, 15) is 14.7 Å². The molecule has 0 aliphatic carbocycles. The van der Waals surface area contributed by atoms with Gasteiger partial charge in [-0.3, -0.25) is 9.59 Å². The zero-order valence-corrected chi connectivity index (χ0v) is 21.1. The summed E-state index contributed by atoms with van der Waals surface area (Å²) in [7, 11) is 1.55. The average Bonchev–Trinajstić information content (AvgIpc) is 3.10. The highest BCUT2D eigenvalue weighted by Crippen LogP contribution is 2.41. The van der Waals surface area contributed by atoms with E-state index in [1.807, 2.05) is 13.0 Å². The molecule has 1 aliphatic heterocycles. The van der Waals surface area contributed by atoms with Gasteiger partial charge in [-0.1, -0.05) is 31.5 Å². The molecule has 1 unspecified atom stereocenters. The number of carbonyl (C=O) groups excluding carboxylic acids is 1. The van der Waals surface area contributed by atoms with Crippen molar-refractivity contribution in [1.29, 1.82) is 0 Å². The molecule has 1 atom stereocenters. The molecular weight excluding hydrogens is 470 g/mol. The summed E-state index contributed by atoms with van der Waals surface area (Å²) < 4.78 is 17.5. The van der Waals surface area contributed by atoms with Gasteiger partial charge in [-0.25, -0.2) is 0 Å². The Balaban J connectivity index is 1.84. The van der Waals surface area contributed by atoms with Crippen LogP contribution < -0.4 is 14.9 Å². The molecule has 186 valence electrons. The van der Waals surface area contributed by atoms with Crippen LogP contribution in [0, 0.1) is 12.8 Å². The highest BCUT2D eigenvalue weighted by molar-refractivity contribution is 6.32. The van der Waals surface area contributed by atoms with Crippen molar-refractivity contribution in [2.24, 2.45) is 5.92 Å². The van der Waals surface area contributed by atoms with E-state index in [2.05, 4.69) is 13.8 Å². The molecule has 2 heterocycles. The number of methoxy groups -OCH3 is 1. The number of carbonyl (C=O) groups is 1. The molecule has 1 amide bonds. The fourth-order valence-corrected chi connectivity index (χ4v) is 4.50. The van der Waals surface area contributed by atoms with Gasteiger partial charge in [0.25, 0.3) is 5.91 Å². The Morgan fingerprint density at radius 2 is 1.94 bits per heavy atom. The number of benzene rings is 2. The topological polar surface area (TPSA) is 89.2 Å². The lowest BCUT2D eigenvalue weighted by Gasteiger charge is -2.25. The Morgan fingerprint density at radius 1 is 1.17 bits per heavy atom. The number of aliphatic hydroxyl groups is 1. The zero-order chi connectivity index (χ0) is 25.3. The highest BCUT2D eigenvalue weighted by atomic mass is 35.5. The second kappa shape index (κ2) is 10.3. The van der Waals surface area contributed by atoms with Gasteiger partial charge in [-0.05, 0) is 61.1 Å². The summed E-state index contributed by atoms with van der Waals surface area (Å²) in [5.74, 6) is 1.24. The van der Waals surface area contributed by atoms with Crippen molar-refractivity contribution in [3.05, 3.63) is 68.0 Å². The molecule has 1 aliphatic rings. The molecule has 0 saturated heterocycles. The van der Waals surface area contributed by atoms with Gasteiger partial charge in [0.05, 0.1) is 30.7 Å². The molecule has 2 aromatic carbocycles. The first-order valence-electron chi connectivity index (χ1n) is 11.8. The van der Waals surface area contributed by atoms with Crippen molar-refractivity contribution in [2.45, 2.75) is 39.7 Å². The molecule has 4 rings (SSSR count). The molecule has 0 saturated carbocycles. The molecule has 8 heteroatoms. The maximum atomic E-state index is 13.7. The Bertz CT molecular complexity index is 1320. The van der Waals surface area contributed by atoms with E-state index in [0.29, 0.717) is 52.0 Å². The van der Waals surface area contributed by atoms with E-state index in [0.717, 1.165) is 12.0 Å². The summed E-state index contributed by atoms with van der Waals surface area (Å²) in [5.41, 5.74) is 1.71. The highest BCUT2D eigenvalue weighted by Gasteiger charge is 2.42. The molecule has 0 bridgehead atoms. The third-order valence-electron chi connectivity index (χ3n) is 6.26. The van der Waals surface area contributed by atoms with Crippen LogP contribution in [-0.2, 0) is 0 Å². The SMILES string of the molecule is COc1cc(C2c3c(oc4cc(C)c(Cl)cc4c3=O)C(=O)N2CCCO)ccc1OCCC(C)C. The Labute approximate surface area is 209 Å². The summed E-state index contributed by atoms with van der Waals surface area (Å²) in [4.78, 5) is 28.6. The van der Waals surface area contributed by atoms with E-state index in [1.54, 1.807) is 36.3 Å². The van der Waals surface area contributed by atoms with Crippen LogP contribution in [0.1, 0.15) is 60.0 Å². The first-order valence-corrected chi connectivity index (χ1v) is 12.1. The molecule has 1 N–H and O–H groups in total. The van der Waals surface area contributed by atoms with Gasteiger partial charge in [-0.2, -0.15) is 0 Å².